The van der Waals surface area contributed by atoms with Crippen LogP contribution in [0.5, 0.6) is 0 Å². The molecular formula is C34H34Cl3N3O4S. The van der Waals surface area contributed by atoms with Gasteiger partial charge in [-0.2, -0.15) is 0 Å². The molecular weight excluding hydrogens is 653 g/mol. The van der Waals surface area contributed by atoms with Gasteiger partial charge in [-0.1, -0.05) is 96.3 Å². The van der Waals surface area contributed by atoms with Crippen molar-refractivity contribution in [1.29, 1.82) is 0 Å². The maximum atomic E-state index is 14.5. The topological polar surface area (TPSA) is 86.8 Å². The lowest BCUT2D eigenvalue weighted by atomic mass is 10.0. The van der Waals surface area contributed by atoms with Crippen LogP contribution in [0, 0.1) is 6.92 Å². The van der Waals surface area contributed by atoms with Crippen molar-refractivity contribution in [2.75, 3.05) is 17.4 Å². The quantitative estimate of drug-likeness (QED) is 0.160. The van der Waals surface area contributed by atoms with E-state index in [-0.39, 0.29) is 23.8 Å². The molecule has 0 unspecified atom stereocenters. The van der Waals surface area contributed by atoms with Crippen molar-refractivity contribution in [3.05, 3.63) is 129 Å². The normalized spacial score (nSPS) is 11.9. The lowest BCUT2D eigenvalue weighted by Crippen LogP contribution is -2.53. The minimum absolute atomic E-state index is 0.0182. The number of rotatable bonds is 13. The van der Waals surface area contributed by atoms with E-state index >= 15 is 0 Å². The zero-order chi connectivity index (χ0) is 32.6. The minimum atomic E-state index is -4.22. The van der Waals surface area contributed by atoms with Gasteiger partial charge >= 0.3 is 0 Å². The van der Waals surface area contributed by atoms with Crippen LogP contribution >= 0.6 is 34.8 Å². The van der Waals surface area contributed by atoms with E-state index in [2.05, 4.69) is 5.32 Å². The minimum Gasteiger partial charge on any atom is -0.354 e. The Morgan fingerprint density at radius 1 is 0.822 bits per heavy atom. The van der Waals surface area contributed by atoms with E-state index in [9.17, 15) is 18.0 Å². The monoisotopic (exact) mass is 685 g/mol. The number of hydrogen-bond donors (Lipinski definition) is 1. The average molecular weight is 687 g/mol. The molecule has 0 aliphatic heterocycles. The van der Waals surface area contributed by atoms with Gasteiger partial charge in [-0.15, -0.1) is 0 Å². The van der Waals surface area contributed by atoms with Gasteiger partial charge in [0.1, 0.15) is 12.6 Å². The molecule has 1 N–H and O–H groups in total. The number of hydrogen-bond acceptors (Lipinski definition) is 4. The van der Waals surface area contributed by atoms with Gasteiger partial charge in [-0.05, 0) is 72.5 Å². The van der Waals surface area contributed by atoms with Crippen LogP contribution in [0.2, 0.25) is 15.1 Å². The van der Waals surface area contributed by atoms with Crippen molar-refractivity contribution in [2.24, 2.45) is 0 Å². The third-order valence-corrected chi connectivity index (χ3v) is 9.94. The van der Waals surface area contributed by atoms with Crippen LogP contribution in [0.1, 0.15) is 30.0 Å². The number of benzene rings is 4. The number of nitrogens with zero attached hydrogens (tertiary/aromatic N) is 2. The first-order chi connectivity index (χ1) is 21.5. The second-order valence-electron chi connectivity index (χ2n) is 10.5. The van der Waals surface area contributed by atoms with E-state index in [1.807, 2.05) is 37.3 Å². The summed E-state index contributed by atoms with van der Waals surface area (Å²) in [5, 5.41) is 3.99. The maximum Gasteiger partial charge on any atom is 0.264 e. The molecule has 0 spiro atoms. The van der Waals surface area contributed by atoms with Crippen LogP contribution < -0.4 is 9.62 Å². The molecule has 0 aliphatic rings. The highest BCUT2D eigenvalue weighted by atomic mass is 35.5. The predicted octanol–water partition coefficient (Wildman–Crippen LogP) is 7.32. The summed E-state index contributed by atoms with van der Waals surface area (Å²) < 4.78 is 29.3. The molecule has 1 atom stereocenters. The third kappa shape index (κ3) is 8.79. The van der Waals surface area contributed by atoms with Gasteiger partial charge in [0.15, 0.2) is 0 Å². The molecule has 4 rings (SSSR count). The fourth-order valence-corrected chi connectivity index (χ4v) is 6.93. The zero-order valence-electron chi connectivity index (χ0n) is 24.9. The van der Waals surface area contributed by atoms with Gasteiger partial charge in [0, 0.05) is 24.5 Å². The summed E-state index contributed by atoms with van der Waals surface area (Å²) in [6, 6.07) is 26.0. The summed E-state index contributed by atoms with van der Waals surface area (Å²) in [6.07, 6.45) is 0.901. The van der Waals surface area contributed by atoms with Gasteiger partial charge in [-0.25, -0.2) is 8.42 Å². The lowest BCUT2D eigenvalue weighted by Gasteiger charge is -2.34. The molecule has 0 saturated carbocycles. The molecule has 236 valence electrons. The van der Waals surface area contributed by atoms with E-state index in [4.69, 9.17) is 34.8 Å². The van der Waals surface area contributed by atoms with Gasteiger partial charge in [0.2, 0.25) is 11.8 Å². The molecule has 7 nitrogen and oxygen atoms in total. The number of carbonyl (C=O) groups is 2. The molecule has 0 heterocycles. The Bertz CT molecular complexity index is 1740. The number of halogens is 3. The van der Waals surface area contributed by atoms with E-state index in [0.29, 0.717) is 44.8 Å². The van der Waals surface area contributed by atoms with E-state index < -0.39 is 28.5 Å². The van der Waals surface area contributed by atoms with E-state index in [1.165, 1.54) is 17.0 Å². The van der Waals surface area contributed by atoms with E-state index in [0.717, 1.165) is 9.87 Å². The van der Waals surface area contributed by atoms with Gasteiger partial charge in [-0.3, -0.25) is 13.9 Å². The molecule has 0 radical (unpaired) electrons. The van der Waals surface area contributed by atoms with Gasteiger partial charge in [0.25, 0.3) is 10.0 Å². The first kappa shape index (κ1) is 34.3. The SMILES string of the molecule is CCCNC(=O)[C@H](Cc1ccccc1)N(Cc1ccc(Cl)c(Cl)c1)C(=O)CN(c1ccc(Cl)cc1C)S(=O)(=O)c1ccccc1. The Labute approximate surface area is 279 Å². The fourth-order valence-electron chi connectivity index (χ4n) is 4.89. The summed E-state index contributed by atoms with van der Waals surface area (Å²) in [6.45, 7) is 3.48. The first-order valence-electron chi connectivity index (χ1n) is 14.4. The molecule has 0 aliphatic carbocycles. The number of anilines is 1. The van der Waals surface area contributed by atoms with Crippen molar-refractivity contribution in [2.45, 2.75) is 44.2 Å². The Balaban J connectivity index is 1.82. The van der Waals surface area contributed by atoms with Crippen molar-refractivity contribution in [3.8, 4) is 0 Å². The fraction of sp³-hybridized carbons (Fsp3) is 0.235. The Morgan fingerprint density at radius 2 is 1.49 bits per heavy atom. The van der Waals surface area contributed by atoms with Crippen LogP contribution in [-0.4, -0.2) is 44.3 Å². The number of aryl methyl sites for hydroxylation is 1. The highest BCUT2D eigenvalue weighted by Gasteiger charge is 2.35. The van der Waals surface area contributed by atoms with Gasteiger partial charge < -0.3 is 10.2 Å². The van der Waals surface area contributed by atoms with Crippen molar-refractivity contribution < 1.29 is 18.0 Å². The molecule has 2 amide bonds. The number of nitrogens with one attached hydrogen (secondary N) is 1. The molecule has 45 heavy (non-hydrogen) atoms. The molecule has 4 aromatic rings. The van der Waals surface area contributed by atoms with Crippen LogP contribution in [0.25, 0.3) is 0 Å². The second-order valence-corrected chi connectivity index (χ2v) is 13.6. The predicted molar refractivity (Wildman–Crippen MR) is 181 cm³/mol. The van der Waals surface area contributed by atoms with Crippen LogP contribution in [-0.2, 0) is 32.6 Å². The standard InChI is InChI=1S/C34H34Cl3N3O4S/c1-3-18-38-34(42)32(21-25-10-6-4-7-11-25)39(22-26-14-16-29(36)30(37)20-26)33(41)23-40(31-17-15-27(35)19-24(31)2)45(43,44)28-12-8-5-9-13-28/h4-17,19-20,32H,3,18,21-23H2,1-2H3,(H,38,42)/t32-/m0/s1. The smallest absolute Gasteiger partial charge is 0.264 e. The summed E-state index contributed by atoms with van der Waals surface area (Å²) in [5.41, 5.74) is 2.32. The van der Waals surface area contributed by atoms with Crippen LogP contribution in [0.15, 0.2) is 102 Å². The highest BCUT2D eigenvalue weighted by molar-refractivity contribution is 7.92. The maximum absolute atomic E-state index is 14.5. The average Bonchev–Trinajstić information content (AvgIpc) is 3.03. The molecule has 4 aromatic carbocycles. The molecule has 0 bridgehead atoms. The third-order valence-electron chi connectivity index (χ3n) is 7.19. The Kier molecular flexibility index (Phi) is 11.9. The largest absolute Gasteiger partial charge is 0.354 e. The number of carbonyl (C=O) groups excluding carboxylic acids is 2. The summed E-state index contributed by atoms with van der Waals surface area (Å²) in [4.78, 5) is 29.7. The van der Waals surface area contributed by atoms with Crippen LogP contribution in [0.3, 0.4) is 0 Å². The molecule has 0 fully saturated rings. The van der Waals surface area contributed by atoms with E-state index in [1.54, 1.807) is 61.5 Å². The summed E-state index contributed by atoms with van der Waals surface area (Å²) in [7, 11) is -4.22. The Hall–Kier alpha value is -3.56. The van der Waals surface area contributed by atoms with Crippen molar-refractivity contribution in [1.82, 2.24) is 10.2 Å². The lowest BCUT2D eigenvalue weighted by molar-refractivity contribution is -0.140. The Morgan fingerprint density at radius 3 is 2.11 bits per heavy atom. The van der Waals surface area contributed by atoms with Gasteiger partial charge in [0.05, 0.1) is 20.6 Å². The molecule has 11 heteroatoms. The summed E-state index contributed by atoms with van der Waals surface area (Å²) >= 11 is 18.7. The summed E-state index contributed by atoms with van der Waals surface area (Å²) in [5.74, 6) is -0.934. The molecule has 0 aromatic heterocycles. The number of amides is 2. The first-order valence-corrected chi connectivity index (χ1v) is 17.0. The van der Waals surface area contributed by atoms with Crippen LogP contribution in [0.4, 0.5) is 5.69 Å². The number of sulfonamides is 1. The second kappa shape index (κ2) is 15.6. The molecule has 0 saturated heterocycles. The van der Waals surface area contributed by atoms with Crippen molar-refractivity contribution >= 4 is 62.3 Å². The highest BCUT2D eigenvalue weighted by Crippen LogP contribution is 2.30. The van der Waals surface area contributed by atoms with Crippen molar-refractivity contribution in [3.63, 3.8) is 0 Å². The zero-order valence-corrected chi connectivity index (χ0v) is 28.0.